The molecule has 6 nitrogen and oxygen atoms in total. The summed E-state index contributed by atoms with van der Waals surface area (Å²) in [6.07, 6.45) is 7.58. The second-order valence-corrected chi connectivity index (χ2v) is 6.92. The Morgan fingerprint density at radius 2 is 2.28 bits per heavy atom. The SMILES string of the molecule is O=C(CSc1c[nH]c2ccccc12)N1CCC(Oc2cnccn2)C1. The molecule has 0 aliphatic carbocycles. The van der Waals surface area contributed by atoms with Gasteiger partial charge in [0.25, 0.3) is 0 Å². The molecule has 1 unspecified atom stereocenters. The van der Waals surface area contributed by atoms with Crippen LogP contribution in [0.1, 0.15) is 6.42 Å². The summed E-state index contributed by atoms with van der Waals surface area (Å²) in [5.74, 6) is 1.08. The zero-order chi connectivity index (χ0) is 17.1. The number of likely N-dealkylation sites (tertiary alicyclic amines) is 1. The van der Waals surface area contributed by atoms with E-state index < -0.39 is 0 Å². The minimum absolute atomic E-state index is 0.0151. The van der Waals surface area contributed by atoms with Crippen molar-refractivity contribution in [3.8, 4) is 5.88 Å². The quantitative estimate of drug-likeness (QED) is 0.714. The first-order valence-corrected chi connectivity index (χ1v) is 9.17. The Bertz CT molecular complexity index is 868. The van der Waals surface area contributed by atoms with Gasteiger partial charge in [0.05, 0.1) is 18.5 Å². The summed E-state index contributed by atoms with van der Waals surface area (Å²) >= 11 is 1.57. The zero-order valence-corrected chi connectivity index (χ0v) is 14.4. The lowest BCUT2D eigenvalue weighted by Crippen LogP contribution is -2.32. The number of thioether (sulfide) groups is 1. The van der Waals surface area contributed by atoms with Gasteiger partial charge in [-0.25, -0.2) is 4.98 Å². The first-order valence-electron chi connectivity index (χ1n) is 8.19. The van der Waals surface area contributed by atoms with Crippen LogP contribution in [0.3, 0.4) is 0 Å². The van der Waals surface area contributed by atoms with Crippen molar-refractivity contribution < 1.29 is 9.53 Å². The van der Waals surface area contributed by atoms with E-state index in [1.165, 1.54) is 0 Å². The molecule has 4 rings (SSSR count). The number of rotatable bonds is 5. The fraction of sp³-hybridized carbons (Fsp3) is 0.278. The third-order valence-corrected chi connectivity index (χ3v) is 5.27. The molecule has 1 fully saturated rings. The minimum Gasteiger partial charge on any atom is -0.471 e. The van der Waals surface area contributed by atoms with Crippen molar-refractivity contribution in [2.45, 2.75) is 17.4 Å². The minimum atomic E-state index is -0.0151. The fourth-order valence-corrected chi connectivity index (χ4v) is 3.90. The average molecular weight is 354 g/mol. The maximum atomic E-state index is 12.5. The molecule has 25 heavy (non-hydrogen) atoms. The van der Waals surface area contributed by atoms with Crippen LogP contribution in [0, 0.1) is 0 Å². The van der Waals surface area contributed by atoms with Crippen LogP contribution in [0.4, 0.5) is 0 Å². The monoisotopic (exact) mass is 354 g/mol. The van der Waals surface area contributed by atoms with Crippen LogP contribution in [0.2, 0.25) is 0 Å². The lowest BCUT2D eigenvalue weighted by atomic mass is 10.2. The number of para-hydroxylation sites is 1. The third kappa shape index (κ3) is 3.61. The number of aromatic nitrogens is 3. The number of nitrogens with one attached hydrogen (secondary N) is 1. The van der Waals surface area contributed by atoms with Gasteiger partial charge in [-0.2, -0.15) is 0 Å². The van der Waals surface area contributed by atoms with Crippen molar-refractivity contribution in [2.75, 3.05) is 18.8 Å². The number of hydrogen-bond donors (Lipinski definition) is 1. The van der Waals surface area contributed by atoms with E-state index in [4.69, 9.17) is 4.74 Å². The molecule has 1 amide bonds. The lowest BCUT2D eigenvalue weighted by Gasteiger charge is -2.16. The summed E-state index contributed by atoms with van der Waals surface area (Å²) < 4.78 is 5.78. The number of carbonyl (C=O) groups is 1. The van der Waals surface area contributed by atoms with Crippen LogP contribution in [-0.2, 0) is 4.79 Å². The van der Waals surface area contributed by atoms with E-state index in [1.807, 2.05) is 29.3 Å². The van der Waals surface area contributed by atoms with Gasteiger partial charge < -0.3 is 14.6 Å². The van der Waals surface area contributed by atoms with Crippen molar-refractivity contribution >= 4 is 28.6 Å². The molecule has 0 bridgehead atoms. The molecule has 2 aromatic heterocycles. The topological polar surface area (TPSA) is 71.1 Å². The Hall–Kier alpha value is -2.54. The number of carbonyl (C=O) groups excluding carboxylic acids is 1. The van der Waals surface area contributed by atoms with E-state index in [1.54, 1.807) is 30.4 Å². The van der Waals surface area contributed by atoms with Crippen LogP contribution in [-0.4, -0.2) is 50.7 Å². The van der Waals surface area contributed by atoms with Gasteiger partial charge in [0.15, 0.2) is 0 Å². The van der Waals surface area contributed by atoms with Gasteiger partial charge in [-0.1, -0.05) is 18.2 Å². The summed E-state index contributed by atoms with van der Waals surface area (Å²) in [4.78, 5) is 26.8. The van der Waals surface area contributed by atoms with Gasteiger partial charge >= 0.3 is 0 Å². The number of ether oxygens (including phenoxy) is 1. The van der Waals surface area contributed by atoms with E-state index in [0.29, 0.717) is 18.2 Å². The highest BCUT2D eigenvalue weighted by molar-refractivity contribution is 8.00. The maximum absolute atomic E-state index is 12.5. The molecule has 1 saturated heterocycles. The number of nitrogens with zero attached hydrogens (tertiary/aromatic N) is 3. The molecular weight excluding hydrogens is 336 g/mol. The highest BCUT2D eigenvalue weighted by atomic mass is 32.2. The van der Waals surface area contributed by atoms with Crippen molar-refractivity contribution in [1.29, 1.82) is 0 Å². The van der Waals surface area contributed by atoms with Gasteiger partial charge in [0.2, 0.25) is 11.8 Å². The highest BCUT2D eigenvalue weighted by Crippen LogP contribution is 2.28. The van der Waals surface area contributed by atoms with Gasteiger partial charge in [-0.05, 0) is 6.07 Å². The van der Waals surface area contributed by atoms with Gasteiger partial charge in [0, 0.05) is 47.4 Å². The number of hydrogen-bond acceptors (Lipinski definition) is 5. The molecule has 1 atom stereocenters. The fourth-order valence-electron chi connectivity index (χ4n) is 2.96. The second kappa shape index (κ2) is 7.14. The zero-order valence-electron chi connectivity index (χ0n) is 13.6. The number of aromatic amines is 1. The van der Waals surface area contributed by atoms with Crippen LogP contribution in [0.15, 0.2) is 53.9 Å². The number of fused-ring (bicyclic) bond motifs is 1. The molecule has 1 aromatic carbocycles. The van der Waals surface area contributed by atoms with Gasteiger partial charge in [0.1, 0.15) is 6.10 Å². The smallest absolute Gasteiger partial charge is 0.233 e. The molecule has 1 aliphatic heterocycles. The Labute approximate surface area is 149 Å². The molecule has 3 aromatic rings. The lowest BCUT2D eigenvalue weighted by molar-refractivity contribution is -0.127. The van der Waals surface area contributed by atoms with E-state index in [0.717, 1.165) is 28.8 Å². The van der Waals surface area contributed by atoms with Gasteiger partial charge in [-0.15, -0.1) is 11.8 Å². The number of amides is 1. The molecular formula is C18H18N4O2S. The first kappa shape index (κ1) is 16.0. The predicted octanol–water partition coefficient (Wildman–Crippen LogP) is 2.73. The maximum Gasteiger partial charge on any atom is 0.233 e. The number of H-pyrrole nitrogens is 1. The molecule has 0 saturated carbocycles. The summed E-state index contributed by atoms with van der Waals surface area (Å²) in [6.45, 7) is 1.32. The number of benzene rings is 1. The molecule has 0 radical (unpaired) electrons. The largest absolute Gasteiger partial charge is 0.471 e. The molecule has 7 heteroatoms. The van der Waals surface area contributed by atoms with Crippen LogP contribution < -0.4 is 4.74 Å². The standard InChI is InChI=1S/C18H18N4O2S/c23-18(12-25-16-9-21-15-4-2-1-3-14(15)16)22-8-5-13(11-22)24-17-10-19-6-7-20-17/h1-4,6-7,9-10,13,21H,5,8,11-12H2. The average Bonchev–Trinajstić information content (AvgIpc) is 3.28. The van der Waals surface area contributed by atoms with Crippen LogP contribution in [0.25, 0.3) is 10.9 Å². The van der Waals surface area contributed by atoms with Crippen molar-refractivity contribution in [3.05, 3.63) is 49.1 Å². The van der Waals surface area contributed by atoms with Crippen molar-refractivity contribution in [2.24, 2.45) is 0 Å². The highest BCUT2D eigenvalue weighted by Gasteiger charge is 2.27. The first-order chi connectivity index (χ1) is 12.3. The van der Waals surface area contributed by atoms with E-state index in [2.05, 4.69) is 21.0 Å². The van der Waals surface area contributed by atoms with E-state index in [-0.39, 0.29) is 12.0 Å². The predicted molar refractivity (Wildman–Crippen MR) is 96.7 cm³/mol. The summed E-state index contributed by atoms with van der Waals surface area (Å²) in [7, 11) is 0. The van der Waals surface area contributed by atoms with E-state index in [9.17, 15) is 4.79 Å². The van der Waals surface area contributed by atoms with Gasteiger partial charge in [-0.3, -0.25) is 9.78 Å². The summed E-state index contributed by atoms with van der Waals surface area (Å²) in [5.41, 5.74) is 1.09. The Morgan fingerprint density at radius 3 is 3.16 bits per heavy atom. The Morgan fingerprint density at radius 1 is 1.36 bits per heavy atom. The molecule has 1 aliphatic rings. The molecule has 128 valence electrons. The van der Waals surface area contributed by atoms with Crippen LogP contribution in [0.5, 0.6) is 5.88 Å². The summed E-state index contributed by atoms with van der Waals surface area (Å²) in [5, 5.41) is 1.16. The summed E-state index contributed by atoms with van der Waals surface area (Å²) in [6, 6.07) is 8.12. The van der Waals surface area contributed by atoms with Crippen molar-refractivity contribution in [3.63, 3.8) is 0 Å². The molecule has 0 spiro atoms. The van der Waals surface area contributed by atoms with Crippen LogP contribution >= 0.6 is 11.8 Å². The van der Waals surface area contributed by atoms with E-state index >= 15 is 0 Å². The Kier molecular flexibility index (Phi) is 4.56. The molecule has 1 N–H and O–H groups in total. The third-order valence-electron chi connectivity index (χ3n) is 4.23. The Balaban J connectivity index is 1.31. The van der Waals surface area contributed by atoms with Crippen molar-refractivity contribution in [1.82, 2.24) is 19.9 Å². The normalized spacial score (nSPS) is 17.1. The molecule has 3 heterocycles. The second-order valence-electron chi connectivity index (χ2n) is 5.90.